The van der Waals surface area contributed by atoms with Crippen LogP contribution >= 0.6 is 0 Å². The predicted octanol–water partition coefficient (Wildman–Crippen LogP) is 31.3. The molecule has 0 N–H and O–H groups in total. The maximum atomic E-state index is 5.21. The van der Waals surface area contributed by atoms with Crippen LogP contribution in [-0.4, -0.2) is 29.9 Å². The van der Waals surface area contributed by atoms with Crippen LogP contribution in [0, 0.1) is 0 Å². The van der Waals surface area contributed by atoms with Crippen LogP contribution < -0.4 is 0 Å². The molecule has 23 aromatic carbocycles. The summed E-state index contributed by atoms with van der Waals surface area (Å²) < 4.78 is 0. The van der Waals surface area contributed by atoms with Gasteiger partial charge in [-0.15, -0.1) is 0 Å². The number of benzene rings is 23. The molecule has 1 aliphatic rings. The standard InChI is InChI=1S/2C59H35N3/c1-2-14-37(15-3-1)57-60-58(38-30-28-36(29-31-38)41-32-33-52-45-21-6-5-20-44(45)51-27-13-26-48(41)55(51)52)62-59(61-57)40-17-12-16-39(34-40)53-35-54-46-22-7-4-18-42(46)43-19-8-10-24-49(43)56(54)50-25-11-9-23-47(50)53;1-2-12-40(13-3-1)57-60-58(41-28-24-36(25-29-41)44-32-30-39-27-26-37-14-10-15-38-31-33-51(44)55(39)54(37)38)62-59(61-57)43-17-11-16-42(34-43)52-35-53-47-20-5-4-18-45(47)46-19-6-8-22-49(46)56(53)50-23-9-7-21-48(50)52/h2*1-35H. The highest BCUT2D eigenvalue weighted by Gasteiger charge is 2.26. The molecule has 6 heteroatoms. The van der Waals surface area contributed by atoms with Crippen LogP contribution in [0.15, 0.2) is 425 Å². The summed E-state index contributed by atoms with van der Waals surface area (Å²) in [5, 5.41) is 30.4. The number of nitrogens with zero attached hydrogens (tertiary/aromatic N) is 6. The number of fused-ring (bicyclic) bond motifs is 19. The van der Waals surface area contributed by atoms with Gasteiger partial charge in [0, 0.05) is 33.4 Å². The molecule has 0 bridgehead atoms. The molecular weight excluding hydrogens is 1500 g/mol. The summed E-state index contributed by atoms with van der Waals surface area (Å²) in [6, 6.07) is 153. The van der Waals surface area contributed by atoms with Gasteiger partial charge >= 0.3 is 0 Å². The number of hydrogen-bond donors (Lipinski definition) is 0. The lowest BCUT2D eigenvalue weighted by atomic mass is 9.87. The van der Waals surface area contributed by atoms with Crippen LogP contribution in [0.5, 0.6) is 0 Å². The van der Waals surface area contributed by atoms with Crippen LogP contribution in [0.4, 0.5) is 0 Å². The molecule has 1 aliphatic carbocycles. The van der Waals surface area contributed by atoms with Gasteiger partial charge in [0.25, 0.3) is 0 Å². The Balaban J connectivity index is 0.000000136. The highest BCUT2D eigenvalue weighted by Crippen LogP contribution is 2.51. The van der Waals surface area contributed by atoms with Gasteiger partial charge in [-0.25, -0.2) is 29.9 Å². The smallest absolute Gasteiger partial charge is 0.164 e. The summed E-state index contributed by atoms with van der Waals surface area (Å²) >= 11 is 0. The molecule has 6 nitrogen and oxygen atoms in total. The van der Waals surface area contributed by atoms with Crippen molar-refractivity contribution in [3.63, 3.8) is 0 Å². The zero-order chi connectivity index (χ0) is 81.5. The molecule has 0 atom stereocenters. The Morgan fingerprint density at radius 3 is 0.823 bits per heavy atom. The molecule has 0 unspecified atom stereocenters. The van der Waals surface area contributed by atoms with Crippen LogP contribution in [-0.2, 0) is 0 Å². The Bertz CT molecular complexity index is 8680. The van der Waals surface area contributed by atoms with Crippen molar-refractivity contribution in [2.75, 3.05) is 0 Å². The summed E-state index contributed by atoms with van der Waals surface area (Å²) in [5.41, 5.74) is 20.1. The van der Waals surface area contributed by atoms with Crippen LogP contribution in [0.2, 0.25) is 0 Å². The normalized spacial score (nSPS) is 11.9. The highest BCUT2D eigenvalue weighted by molar-refractivity contribution is 6.35. The number of rotatable bonds is 10. The SMILES string of the molecule is c1ccc(-c2nc(-c3ccc(-c4ccc5c6c(cccc46)-c4ccccc4-5)cc3)nc(-c3cccc(-c4cc5c6ccccc6c6ccccc6c5c5ccccc45)c3)n2)cc1.c1ccc(-c2nc(-c3ccc(-c4ccc5ccc6cccc7ccc4c5c67)cc3)nc(-c3cccc(-c4cc5c6ccccc6c6ccccc6c5c5ccccc45)c3)n2)cc1. The Morgan fingerprint density at radius 1 is 0.105 bits per heavy atom. The van der Waals surface area contributed by atoms with Crippen molar-refractivity contribution in [3.8, 4) is 135 Å². The molecule has 0 radical (unpaired) electrons. The van der Waals surface area contributed by atoms with E-state index in [4.69, 9.17) is 29.9 Å². The van der Waals surface area contributed by atoms with Crippen molar-refractivity contribution in [2.45, 2.75) is 0 Å². The minimum absolute atomic E-state index is 0.632. The zero-order valence-electron chi connectivity index (χ0n) is 67.1. The summed E-state index contributed by atoms with van der Waals surface area (Å²) in [4.78, 5) is 30.9. The third-order valence-electron chi connectivity index (χ3n) is 25.7. The molecule has 0 aliphatic heterocycles. The average Bonchev–Trinajstić information content (AvgIpc) is 0.909. The topological polar surface area (TPSA) is 77.3 Å². The molecule has 25 aromatic rings. The van der Waals surface area contributed by atoms with Crippen molar-refractivity contribution in [1.29, 1.82) is 0 Å². The van der Waals surface area contributed by atoms with Gasteiger partial charge in [-0.1, -0.05) is 400 Å². The van der Waals surface area contributed by atoms with E-state index >= 15 is 0 Å². The van der Waals surface area contributed by atoms with Crippen molar-refractivity contribution in [1.82, 2.24) is 29.9 Å². The van der Waals surface area contributed by atoms with Gasteiger partial charge in [0.2, 0.25) is 0 Å². The molecule has 0 saturated heterocycles. The quantitative estimate of drug-likeness (QED) is 0.127. The van der Waals surface area contributed by atoms with E-state index in [2.05, 4.69) is 388 Å². The van der Waals surface area contributed by atoms with E-state index in [0.717, 1.165) is 55.6 Å². The maximum absolute atomic E-state index is 5.21. The van der Waals surface area contributed by atoms with Crippen molar-refractivity contribution in [3.05, 3.63) is 425 Å². The lowest BCUT2D eigenvalue weighted by Gasteiger charge is -2.16. The first kappa shape index (κ1) is 70.5. The fourth-order valence-electron chi connectivity index (χ4n) is 20.0. The average molecular weight is 1570 g/mol. The molecule has 0 spiro atoms. The summed E-state index contributed by atoms with van der Waals surface area (Å²) in [6.45, 7) is 0. The van der Waals surface area contributed by atoms with E-state index in [1.165, 1.54) is 174 Å². The first-order chi connectivity index (χ1) is 61.5. The van der Waals surface area contributed by atoms with Crippen LogP contribution in [0.3, 0.4) is 0 Å². The summed E-state index contributed by atoms with van der Waals surface area (Å²) in [6.07, 6.45) is 0. The zero-order valence-corrected chi connectivity index (χ0v) is 67.1. The summed E-state index contributed by atoms with van der Waals surface area (Å²) in [7, 11) is 0. The van der Waals surface area contributed by atoms with E-state index in [-0.39, 0.29) is 0 Å². The minimum Gasteiger partial charge on any atom is -0.208 e. The Labute approximate surface area is 714 Å². The number of aromatic nitrogens is 6. The van der Waals surface area contributed by atoms with E-state index in [1.807, 2.05) is 36.4 Å². The fourth-order valence-corrected chi connectivity index (χ4v) is 20.0. The lowest BCUT2D eigenvalue weighted by Crippen LogP contribution is -2.00. The molecule has 124 heavy (non-hydrogen) atoms. The predicted molar refractivity (Wildman–Crippen MR) is 520 cm³/mol. The van der Waals surface area contributed by atoms with E-state index in [1.54, 1.807) is 0 Å². The van der Waals surface area contributed by atoms with Gasteiger partial charge in [-0.2, -0.15) is 0 Å². The molecule has 0 amide bonds. The van der Waals surface area contributed by atoms with Gasteiger partial charge in [-0.05, 0) is 220 Å². The fraction of sp³-hybridized carbons (Fsp3) is 0. The minimum atomic E-state index is 0.632. The molecule has 572 valence electrons. The van der Waals surface area contributed by atoms with Gasteiger partial charge < -0.3 is 0 Å². The maximum Gasteiger partial charge on any atom is 0.164 e. The molecular formula is C118H70N6. The van der Waals surface area contributed by atoms with Crippen molar-refractivity contribution >= 4 is 129 Å². The highest BCUT2D eigenvalue weighted by atomic mass is 15.0. The second-order valence-electron chi connectivity index (χ2n) is 32.5. The Hall–Kier alpha value is -16.5. The Kier molecular flexibility index (Phi) is 16.3. The summed E-state index contributed by atoms with van der Waals surface area (Å²) in [5.74, 6) is 3.82. The van der Waals surface area contributed by atoms with Gasteiger partial charge in [0.05, 0.1) is 0 Å². The molecule has 2 heterocycles. The Morgan fingerprint density at radius 2 is 0.371 bits per heavy atom. The van der Waals surface area contributed by atoms with Gasteiger partial charge in [0.15, 0.2) is 34.9 Å². The molecule has 26 rings (SSSR count). The molecule has 0 saturated carbocycles. The van der Waals surface area contributed by atoms with E-state index in [0.29, 0.717) is 34.9 Å². The van der Waals surface area contributed by atoms with Gasteiger partial charge in [0.1, 0.15) is 0 Å². The van der Waals surface area contributed by atoms with E-state index < -0.39 is 0 Å². The monoisotopic (exact) mass is 1570 g/mol. The largest absolute Gasteiger partial charge is 0.208 e. The third-order valence-corrected chi connectivity index (χ3v) is 25.7. The van der Waals surface area contributed by atoms with Crippen LogP contribution in [0.1, 0.15) is 0 Å². The van der Waals surface area contributed by atoms with Gasteiger partial charge in [-0.3, -0.25) is 0 Å². The van der Waals surface area contributed by atoms with Crippen LogP contribution in [0.25, 0.3) is 264 Å². The van der Waals surface area contributed by atoms with Crippen molar-refractivity contribution < 1.29 is 0 Å². The van der Waals surface area contributed by atoms with E-state index in [9.17, 15) is 0 Å². The van der Waals surface area contributed by atoms with Crippen molar-refractivity contribution in [2.24, 2.45) is 0 Å². The number of hydrogen-bond acceptors (Lipinski definition) is 6. The first-order valence-corrected chi connectivity index (χ1v) is 42.4. The third kappa shape index (κ3) is 11.5. The first-order valence-electron chi connectivity index (χ1n) is 42.4. The molecule has 2 aromatic heterocycles. The lowest BCUT2D eigenvalue weighted by molar-refractivity contribution is 1.07. The second kappa shape index (κ2) is 28.6. The molecule has 0 fully saturated rings. The second-order valence-corrected chi connectivity index (χ2v) is 32.5.